The number of hydrogen-bond acceptors (Lipinski definition) is 1. The number of rotatable bonds is 3. The Hall–Kier alpha value is -0.930. The molecule has 0 aliphatic rings. The highest BCUT2D eigenvalue weighted by Crippen LogP contribution is 2.18. The molecule has 2 nitrogen and oxygen atoms in total. The van der Waals surface area contributed by atoms with Gasteiger partial charge in [0.05, 0.1) is 0 Å². The van der Waals surface area contributed by atoms with Gasteiger partial charge in [-0.2, -0.15) is 5.10 Å². The molecule has 0 aliphatic carbocycles. The summed E-state index contributed by atoms with van der Waals surface area (Å²) in [7, 11) is 0. The lowest BCUT2D eigenvalue weighted by Crippen LogP contribution is -2.09. The maximum Gasteiger partial charge on any atom is 0.280 e. The molecule has 1 aromatic rings. The summed E-state index contributed by atoms with van der Waals surface area (Å²) >= 11 is 0. The Kier molecular flexibility index (Phi) is 2.78. The molecule has 68 valence electrons. The topological polar surface area (TPSA) is 17.8 Å². The Morgan fingerprint density at radius 2 is 2.17 bits per heavy atom. The summed E-state index contributed by atoms with van der Waals surface area (Å²) < 4.78 is 25.9. The fourth-order valence-electron chi connectivity index (χ4n) is 1.03. The van der Waals surface area contributed by atoms with E-state index in [-0.39, 0.29) is 5.69 Å². The molecule has 0 unspecified atom stereocenters. The first-order valence-corrected chi connectivity index (χ1v) is 3.91. The van der Waals surface area contributed by atoms with Crippen molar-refractivity contribution in [2.75, 3.05) is 0 Å². The molecular weight excluding hydrogens is 162 g/mol. The zero-order chi connectivity index (χ0) is 9.14. The predicted octanol–water partition coefficient (Wildman–Crippen LogP) is 2.48. The van der Waals surface area contributed by atoms with E-state index in [1.54, 1.807) is 0 Å². The fourth-order valence-corrected chi connectivity index (χ4v) is 1.03. The van der Waals surface area contributed by atoms with Crippen LogP contribution in [0.3, 0.4) is 0 Å². The van der Waals surface area contributed by atoms with Gasteiger partial charge in [0.1, 0.15) is 5.69 Å². The molecule has 4 heteroatoms. The Morgan fingerprint density at radius 3 is 2.67 bits per heavy atom. The predicted molar refractivity (Wildman–Crippen MR) is 42.0 cm³/mol. The van der Waals surface area contributed by atoms with Gasteiger partial charge in [-0.15, -0.1) is 0 Å². The summed E-state index contributed by atoms with van der Waals surface area (Å²) in [6.45, 7) is 4.49. The number of nitrogens with zero attached hydrogens (tertiary/aromatic N) is 2. The third-order valence-corrected chi connectivity index (χ3v) is 1.51. The molecule has 12 heavy (non-hydrogen) atoms. The van der Waals surface area contributed by atoms with E-state index in [1.165, 1.54) is 16.9 Å². The summed E-state index contributed by atoms with van der Waals surface area (Å²) in [4.78, 5) is 0. The van der Waals surface area contributed by atoms with Gasteiger partial charge in [-0.05, 0) is 12.0 Å². The summed E-state index contributed by atoms with van der Waals surface area (Å²) in [6.07, 6.45) is -1.02. The maximum atomic E-state index is 12.3. The van der Waals surface area contributed by atoms with E-state index in [0.717, 1.165) is 0 Å². The van der Waals surface area contributed by atoms with E-state index in [0.29, 0.717) is 12.5 Å². The Labute approximate surface area is 70.2 Å². The number of alkyl halides is 2. The third kappa shape index (κ3) is 2.03. The Balaban J connectivity index is 2.77. The van der Waals surface area contributed by atoms with Crippen molar-refractivity contribution < 1.29 is 8.78 Å². The van der Waals surface area contributed by atoms with Crippen molar-refractivity contribution in [3.63, 3.8) is 0 Å². The standard InChI is InChI=1S/C8H12F2N2/c1-6(2)5-12-7(8(9)10)3-4-11-12/h3-4,6,8H,5H2,1-2H3. The van der Waals surface area contributed by atoms with E-state index in [9.17, 15) is 8.78 Å². The maximum absolute atomic E-state index is 12.3. The second-order valence-corrected chi connectivity index (χ2v) is 3.13. The monoisotopic (exact) mass is 174 g/mol. The summed E-state index contributed by atoms with van der Waals surface area (Å²) in [5, 5.41) is 3.81. The molecule has 1 rings (SSSR count). The van der Waals surface area contributed by atoms with E-state index < -0.39 is 6.43 Å². The van der Waals surface area contributed by atoms with Crippen LogP contribution in [0.2, 0.25) is 0 Å². The van der Waals surface area contributed by atoms with Crippen LogP contribution in [0.25, 0.3) is 0 Å². The van der Waals surface area contributed by atoms with Crippen LogP contribution in [0.5, 0.6) is 0 Å². The smallest absolute Gasteiger partial charge is 0.264 e. The molecule has 0 amide bonds. The van der Waals surface area contributed by atoms with Crippen LogP contribution in [-0.2, 0) is 6.54 Å². The highest BCUT2D eigenvalue weighted by atomic mass is 19.3. The number of aromatic nitrogens is 2. The van der Waals surface area contributed by atoms with Crippen LogP contribution in [0.15, 0.2) is 12.3 Å². The fraction of sp³-hybridized carbons (Fsp3) is 0.625. The second-order valence-electron chi connectivity index (χ2n) is 3.13. The number of halogens is 2. The first-order valence-electron chi connectivity index (χ1n) is 3.91. The summed E-state index contributed by atoms with van der Waals surface area (Å²) in [5.74, 6) is 0.336. The van der Waals surface area contributed by atoms with Crippen molar-refractivity contribution in [3.8, 4) is 0 Å². The molecule has 0 saturated heterocycles. The van der Waals surface area contributed by atoms with Gasteiger partial charge in [0.2, 0.25) is 0 Å². The van der Waals surface area contributed by atoms with Gasteiger partial charge >= 0.3 is 0 Å². The van der Waals surface area contributed by atoms with Crippen molar-refractivity contribution in [2.45, 2.75) is 26.8 Å². The van der Waals surface area contributed by atoms with Gasteiger partial charge in [0, 0.05) is 12.7 Å². The van der Waals surface area contributed by atoms with Crippen LogP contribution in [0, 0.1) is 5.92 Å². The van der Waals surface area contributed by atoms with Gasteiger partial charge in [-0.1, -0.05) is 13.8 Å². The quantitative estimate of drug-likeness (QED) is 0.688. The van der Waals surface area contributed by atoms with E-state index >= 15 is 0 Å². The molecule has 1 heterocycles. The zero-order valence-electron chi connectivity index (χ0n) is 7.17. The number of hydrogen-bond donors (Lipinski definition) is 0. The zero-order valence-corrected chi connectivity index (χ0v) is 7.17. The van der Waals surface area contributed by atoms with Gasteiger partial charge in [-0.25, -0.2) is 8.78 Å². The molecule has 0 atom stereocenters. The molecule has 0 aliphatic heterocycles. The largest absolute Gasteiger partial charge is 0.280 e. The SMILES string of the molecule is CC(C)Cn1nccc1C(F)F. The first-order chi connectivity index (χ1) is 5.61. The van der Waals surface area contributed by atoms with Crippen LogP contribution in [0.1, 0.15) is 26.0 Å². The van der Waals surface area contributed by atoms with Crippen molar-refractivity contribution in [1.82, 2.24) is 9.78 Å². The van der Waals surface area contributed by atoms with Crippen molar-refractivity contribution >= 4 is 0 Å². The van der Waals surface area contributed by atoms with Crippen LogP contribution in [-0.4, -0.2) is 9.78 Å². The lowest BCUT2D eigenvalue weighted by atomic mass is 10.2. The molecule has 0 radical (unpaired) electrons. The third-order valence-electron chi connectivity index (χ3n) is 1.51. The molecule has 0 N–H and O–H groups in total. The van der Waals surface area contributed by atoms with Crippen LogP contribution >= 0.6 is 0 Å². The van der Waals surface area contributed by atoms with Gasteiger partial charge < -0.3 is 0 Å². The molecule has 0 spiro atoms. The first kappa shape index (κ1) is 9.16. The Morgan fingerprint density at radius 1 is 1.50 bits per heavy atom. The van der Waals surface area contributed by atoms with Crippen LogP contribution in [0.4, 0.5) is 8.78 Å². The molecular formula is C8H12F2N2. The minimum atomic E-state index is -2.42. The second kappa shape index (κ2) is 3.65. The van der Waals surface area contributed by atoms with Crippen LogP contribution < -0.4 is 0 Å². The van der Waals surface area contributed by atoms with E-state index in [2.05, 4.69) is 5.10 Å². The van der Waals surface area contributed by atoms with Crippen molar-refractivity contribution in [3.05, 3.63) is 18.0 Å². The average Bonchev–Trinajstić information content (AvgIpc) is 2.33. The molecule has 0 fully saturated rings. The summed E-state index contributed by atoms with van der Waals surface area (Å²) in [5.41, 5.74) is 0.00343. The molecule has 0 bridgehead atoms. The lowest BCUT2D eigenvalue weighted by molar-refractivity contribution is 0.137. The minimum Gasteiger partial charge on any atom is -0.264 e. The van der Waals surface area contributed by atoms with Gasteiger partial charge in [-0.3, -0.25) is 4.68 Å². The molecule has 0 aromatic carbocycles. The highest BCUT2D eigenvalue weighted by Gasteiger charge is 2.13. The van der Waals surface area contributed by atoms with E-state index in [4.69, 9.17) is 0 Å². The Bertz CT molecular complexity index is 243. The normalized spacial score (nSPS) is 11.5. The van der Waals surface area contributed by atoms with Gasteiger partial charge in [0.15, 0.2) is 0 Å². The van der Waals surface area contributed by atoms with Crippen molar-refractivity contribution in [1.29, 1.82) is 0 Å². The minimum absolute atomic E-state index is 0.00343. The van der Waals surface area contributed by atoms with Gasteiger partial charge in [0.25, 0.3) is 6.43 Å². The van der Waals surface area contributed by atoms with E-state index in [1.807, 2.05) is 13.8 Å². The average molecular weight is 174 g/mol. The lowest BCUT2D eigenvalue weighted by Gasteiger charge is -2.08. The molecule has 0 saturated carbocycles. The highest BCUT2D eigenvalue weighted by molar-refractivity contribution is 5.01. The van der Waals surface area contributed by atoms with Crippen molar-refractivity contribution in [2.24, 2.45) is 5.92 Å². The molecule has 1 aromatic heterocycles. The summed E-state index contributed by atoms with van der Waals surface area (Å²) in [6, 6.07) is 1.35.